The number of hydrogen-bond acceptors (Lipinski definition) is 2. The third kappa shape index (κ3) is 0.904. The van der Waals surface area contributed by atoms with Gasteiger partial charge in [0.25, 0.3) is 0 Å². The lowest BCUT2D eigenvalue weighted by Crippen LogP contribution is -1.80. The maximum absolute atomic E-state index is 3.70. The summed E-state index contributed by atoms with van der Waals surface area (Å²) in [5.41, 5.74) is 0.757. The first-order valence-corrected chi connectivity index (χ1v) is 2.24. The second-order valence-corrected chi connectivity index (χ2v) is 1.28. The first-order chi connectivity index (χ1) is 3.93. The summed E-state index contributed by atoms with van der Waals surface area (Å²) in [6.07, 6.45) is 3.14. The fourth-order valence-electron chi connectivity index (χ4n) is 0.380. The van der Waals surface area contributed by atoms with E-state index in [0.717, 1.165) is 5.69 Å². The van der Waals surface area contributed by atoms with E-state index >= 15 is 0 Å². The summed E-state index contributed by atoms with van der Waals surface area (Å²) >= 11 is 0. The fraction of sp³-hybridized carbons (Fsp3) is 0. The molecule has 0 N–H and O–H groups in total. The second kappa shape index (κ2) is 2.21. The summed E-state index contributed by atoms with van der Waals surface area (Å²) in [5, 5.41) is 7.28. The van der Waals surface area contributed by atoms with E-state index in [-0.39, 0.29) is 0 Å². The Balaban J connectivity index is 2.99. The van der Waals surface area contributed by atoms with Crippen molar-refractivity contribution in [3.05, 3.63) is 30.6 Å². The van der Waals surface area contributed by atoms with Crippen LogP contribution in [0.4, 0.5) is 0 Å². The van der Waals surface area contributed by atoms with Gasteiger partial charge in [0.05, 0.1) is 11.9 Å². The minimum atomic E-state index is 0.757. The third-order valence-electron chi connectivity index (χ3n) is 0.746. The molecule has 1 aromatic rings. The maximum atomic E-state index is 3.70. The Labute approximate surface area is 47.9 Å². The first kappa shape index (κ1) is 4.97. The Morgan fingerprint density at radius 3 is 3.00 bits per heavy atom. The van der Waals surface area contributed by atoms with Gasteiger partial charge < -0.3 is 0 Å². The smallest absolute Gasteiger partial charge is 0.0857 e. The SMILES string of the molecule is C=Cc1c[c]cnn1. The third-order valence-corrected chi connectivity index (χ3v) is 0.746. The van der Waals surface area contributed by atoms with Crippen LogP contribution in [0.15, 0.2) is 18.8 Å². The molecule has 8 heavy (non-hydrogen) atoms. The second-order valence-electron chi connectivity index (χ2n) is 1.28. The van der Waals surface area contributed by atoms with Crippen LogP contribution >= 0.6 is 0 Å². The molecule has 0 spiro atoms. The van der Waals surface area contributed by atoms with Gasteiger partial charge in [0.15, 0.2) is 0 Å². The van der Waals surface area contributed by atoms with E-state index in [1.54, 1.807) is 12.1 Å². The molecule has 0 saturated heterocycles. The van der Waals surface area contributed by atoms with Gasteiger partial charge in [-0.05, 0) is 12.1 Å². The molecule has 0 aromatic carbocycles. The van der Waals surface area contributed by atoms with Gasteiger partial charge in [0.1, 0.15) is 0 Å². The highest BCUT2D eigenvalue weighted by atomic mass is 15.1. The number of aromatic nitrogens is 2. The molecule has 1 heterocycles. The van der Waals surface area contributed by atoms with Gasteiger partial charge in [-0.1, -0.05) is 6.58 Å². The van der Waals surface area contributed by atoms with Crippen molar-refractivity contribution < 1.29 is 0 Å². The van der Waals surface area contributed by atoms with Crippen LogP contribution in [0.25, 0.3) is 6.08 Å². The average Bonchev–Trinajstić information content (AvgIpc) is 1.90. The molecule has 1 rings (SSSR count). The molecule has 0 bridgehead atoms. The van der Waals surface area contributed by atoms with E-state index in [1.807, 2.05) is 0 Å². The molecule has 0 amide bonds. The monoisotopic (exact) mass is 105 g/mol. The van der Waals surface area contributed by atoms with Crippen LogP contribution in [0, 0.1) is 6.07 Å². The fourth-order valence-corrected chi connectivity index (χ4v) is 0.380. The zero-order valence-electron chi connectivity index (χ0n) is 4.33. The highest BCUT2D eigenvalue weighted by Crippen LogP contribution is 1.88. The van der Waals surface area contributed by atoms with E-state index in [4.69, 9.17) is 0 Å². The quantitative estimate of drug-likeness (QED) is 0.530. The summed E-state index contributed by atoms with van der Waals surface area (Å²) in [6, 6.07) is 4.49. The Hall–Kier alpha value is -1.18. The van der Waals surface area contributed by atoms with E-state index in [2.05, 4.69) is 22.8 Å². The molecule has 0 atom stereocenters. The van der Waals surface area contributed by atoms with E-state index in [0.29, 0.717) is 0 Å². The van der Waals surface area contributed by atoms with Crippen molar-refractivity contribution in [3.63, 3.8) is 0 Å². The average molecular weight is 105 g/mol. The minimum absolute atomic E-state index is 0.757. The minimum Gasteiger partial charge on any atom is -0.158 e. The zero-order chi connectivity index (χ0) is 5.82. The molecule has 1 radical (unpaired) electrons. The highest BCUT2D eigenvalue weighted by Gasteiger charge is 1.79. The lowest BCUT2D eigenvalue weighted by atomic mass is 10.4. The molecular formula is C6H5N2. The number of nitrogens with zero attached hydrogens (tertiary/aromatic N) is 2. The lowest BCUT2D eigenvalue weighted by Gasteiger charge is -1.82. The van der Waals surface area contributed by atoms with Gasteiger partial charge in [-0.2, -0.15) is 10.2 Å². The van der Waals surface area contributed by atoms with Crippen LogP contribution in [0.1, 0.15) is 5.69 Å². The van der Waals surface area contributed by atoms with Gasteiger partial charge >= 0.3 is 0 Å². The van der Waals surface area contributed by atoms with E-state index in [9.17, 15) is 0 Å². The van der Waals surface area contributed by atoms with Crippen molar-refractivity contribution in [2.75, 3.05) is 0 Å². The first-order valence-electron chi connectivity index (χ1n) is 2.24. The molecule has 0 aliphatic carbocycles. The summed E-state index contributed by atoms with van der Waals surface area (Å²) < 4.78 is 0. The molecule has 39 valence electrons. The molecule has 0 unspecified atom stereocenters. The lowest BCUT2D eigenvalue weighted by molar-refractivity contribution is 1.01. The molecule has 0 fully saturated rings. The van der Waals surface area contributed by atoms with Crippen LogP contribution in [0.2, 0.25) is 0 Å². The number of hydrogen-bond donors (Lipinski definition) is 0. The summed E-state index contributed by atoms with van der Waals surface area (Å²) in [6.45, 7) is 3.51. The normalized spacial score (nSPS) is 8.50. The Bertz CT molecular complexity index is 169. The zero-order valence-corrected chi connectivity index (χ0v) is 4.33. The van der Waals surface area contributed by atoms with Crippen LogP contribution in [0.5, 0.6) is 0 Å². The predicted molar refractivity (Wildman–Crippen MR) is 31.0 cm³/mol. The Kier molecular flexibility index (Phi) is 1.37. The Morgan fingerprint density at radius 2 is 2.62 bits per heavy atom. The van der Waals surface area contributed by atoms with Crippen molar-refractivity contribution in [1.82, 2.24) is 10.2 Å². The molecule has 2 nitrogen and oxygen atoms in total. The van der Waals surface area contributed by atoms with E-state index in [1.165, 1.54) is 6.20 Å². The summed E-state index contributed by atoms with van der Waals surface area (Å²) in [4.78, 5) is 0. The molecule has 0 aliphatic rings. The largest absolute Gasteiger partial charge is 0.158 e. The van der Waals surface area contributed by atoms with Gasteiger partial charge in [-0.3, -0.25) is 0 Å². The standard InChI is InChI=1S/C6H5N2/c1-2-6-4-3-5-7-8-6/h2,4-5H,1H2. The van der Waals surface area contributed by atoms with Crippen molar-refractivity contribution in [2.24, 2.45) is 0 Å². The molecule has 0 aliphatic heterocycles. The van der Waals surface area contributed by atoms with Gasteiger partial charge in [0.2, 0.25) is 0 Å². The molecular weight excluding hydrogens is 100 g/mol. The molecule has 0 saturated carbocycles. The van der Waals surface area contributed by atoms with Crippen molar-refractivity contribution in [1.29, 1.82) is 0 Å². The van der Waals surface area contributed by atoms with Crippen LogP contribution in [0.3, 0.4) is 0 Å². The van der Waals surface area contributed by atoms with Crippen LogP contribution < -0.4 is 0 Å². The van der Waals surface area contributed by atoms with Crippen molar-refractivity contribution >= 4 is 6.08 Å². The topological polar surface area (TPSA) is 25.8 Å². The predicted octanol–water partition coefficient (Wildman–Crippen LogP) is 0.920. The summed E-state index contributed by atoms with van der Waals surface area (Å²) in [7, 11) is 0. The van der Waals surface area contributed by atoms with Crippen molar-refractivity contribution in [2.45, 2.75) is 0 Å². The van der Waals surface area contributed by atoms with Gasteiger partial charge in [-0.25, -0.2) is 0 Å². The summed E-state index contributed by atoms with van der Waals surface area (Å²) in [5.74, 6) is 0. The maximum Gasteiger partial charge on any atom is 0.0857 e. The van der Waals surface area contributed by atoms with Crippen LogP contribution in [-0.2, 0) is 0 Å². The van der Waals surface area contributed by atoms with Gasteiger partial charge in [0, 0.05) is 6.07 Å². The van der Waals surface area contributed by atoms with Crippen LogP contribution in [-0.4, -0.2) is 10.2 Å². The molecule has 2 heteroatoms. The highest BCUT2D eigenvalue weighted by molar-refractivity contribution is 5.39. The van der Waals surface area contributed by atoms with E-state index < -0.39 is 0 Å². The van der Waals surface area contributed by atoms with Crippen molar-refractivity contribution in [3.8, 4) is 0 Å². The Morgan fingerprint density at radius 1 is 1.75 bits per heavy atom. The van der Waals surface area contributed by atoms with Gasteiger partial charge in [-0.15, -0.1) is 0 Å². The molecule has 1 aromatic heterocycles. The number of rotatable bonds is 1.